The number of rotatable bonds is 10. The van der Waals surface area contributed by atoms with Gasteiger partial charge in [0.2, 0.25) is 0 Å². The number of amides is 1. The molecule has 6 nitrogen and oxygen atoms in total. The first-order valence-corrected chi connectivity index (χ1v) is 8.33. The summed E-state index contributed by atoms with van der Waals surface area (Å²) in [5, 5.41) is 3.23. The van der Waals surface area contributed by atoms with Crippen LogP contribution in [0.2, 0.25) is 5.02 Å². The Balaban J connectivity index is 2.75. The van der Waals surface area contributed by atoms with E-state index in [4.69, 9.17) is 27.8 Å². The van der Waals surface area contributed by atoms with Gasteiger partial charge in [-0.2, -0.15) is 0 Å². The molecule has 1 aromatic carbocycles. The average Bonchev–Trinajstić information content (AvgIpc) is 2.54. The van der Waals surface area contributed by atoms with Gasteiger partial charge in [0, 0.05) is 19.2 Å². The highest BCUT2D eigenvalue weighted by Crippen LogP contribution is 2.29. The topological polar surface area (TPSA) is 93.6 Å². The van der Waals surface area contributed by atoms with Crippen LogP contribution in [0.15, 0.2) is 12.1 Å². The highest BCUT2D eigenvalue weighted by atomic mass is 35.5. The Bertz CT molecular complexity index is 507. The molecule has 0 saturated heterocycles. The van der Waals surface area contributed by atoms with Crippen molar-refractivity contribution >= 4 is 23.2 Å². The smallest absolute Gasteiger partial charge is 0.255 e. The van der Waals surface area contributed by atoms with E-state index in [9.17, 15) is 4.79 Å². The number of carbonyl (C=O) groups is 1. The van der Waals surface area contributed by atoms with E-state index in [1.807, 2.05) is 0 Å². The standard InChI is InChI=1S/C16H27ClN4O2/c1-3-21(4-2)8-7-20-16(22)12-10-13(17)14(19)11-15(12)23-9-5-6-18/h10-11H,3-9,18-19H2,1-2H3,(H,20,22). The Morgan fingerprint density at radius 3 is 2.65 bits per heavy atom. The molecule has 5 N–H and O–H groups in total. The SMILES string of the molecule is CCN(CC)CCNC(=O)c1cc(Cl)c(N)cc1OCCCN. The maximum atomic E-state index is 12.4. The van der Waals surface area contributed by atoms with Crippen molar-refractivity contribution in [3.8, 4) is 5.75 Å². The molecule has 130 valence electrons. The first kappa shape index (κ1) is 19.5. The van der Waals surface area contributed by atoms with Gasteiger partial charge in [0.25, 0.3) is 5.91 Å². The molecule has 0 radical (unpaired) electrons. The van der Waals surface area contributed by atoms with Gasteiger partial charge >= 0.3 is 0 Å². The minimum absolute atomic E-state index is 0.221. The molecule has 1 amide bonds. The maximum Gasteiger partial charge on any atom is 0.255 e. The Kier molecular flexibility index (Phi) is 8.76. The number of hydrogen-bond donors (Lipinski definition) is 3. The number of anilines is 1. The van der Waals surface area contributed by atoms with E-state index >= 15 is 0 Å². The number of hydrogen-bond acceptors (Lipinski definition) is 5. The number of nitrogens with zero attached hydrogens (tertiary/aromatic N) is 1. The highest BCUT2D eigenvalue weighted by molar-refractivity contribution is 6.33. The van der Waals surface area contributed by atoms with Crippen LogP contribution in [0.4, 0.5) is 5.69 Å². The molecule has 0 aromatic heterocycles. The molecule has 7 heteroatoms. The minimum Gasteiger partial charge on any atom is -0.493 e. The van der Waals surface area contributed by atoms with Crippen molar-refractivity contribution < 1.29 is 9.53 Å². The van der Waals surface area contributed by atoms with Gasteiger partial charge in [0.15, 0.2) is 0 Å². The zero-order valence-electron chi connectivity index (χ0n) is 13.9. The highest BCUT2D eigenvalue weighted by Gasteiger charge is 2.15. The van der Waals surface area contributed by atoms with Crippen LogP contribution >= 0.6 is 11.6 Å². The first-order valence-electron chi connectivity index (χ1n) is 7.95. The zero-order chi connectivity index (χ0) is 17.2. The summed E-state index contributed by atoms with van der Waals surface area (Å²) in [5.74, 6) is 0.211. The predicted molar refractivity (Wildman–Crippen MR) is 95.2 cm³/mol. The van der Waals surface area contributed by atoms with Gasteiger partial charge in [-0.3, -0.25) is 4.79 Å². The first-order chi connectivity index (χ1) is 11.0. The van der Waals surface area contributed by atoms with E-state index < -0.39 is 0 Å². The quantitative estimate of drug-likeness (QED) is 0.444. The number of likely N-dealkylation sites (N-methyl/N-ethyl adjacent to an activating group) is 1. The number of benzene rings is 1. The number of halogens is 1. The molecule has 0 aliphatic carbocycles. The Morgan fingerprint density at radius 2 is 2.04 bits per heavy atom. The van der Waals surface area contributed by atoms with Gasteiger partial charge < -0.3 is 26.4 Å². The molecular formula is C16H27ClN4O2. The largest absolute Gasteiger partial charge is 0.493 e. The second-order valence-electron chi connectivity index (χ2n) is 5.14. The fraction of sp³-hybridized carbons (Fsp3) is 0.562. The van der Waals surface area contributed by atoms with Crippen molar-refractivity contribution in [3.63, 3.8) is 0 Å². The minimum atomic E-state index is -0.221. The van der Waals surface area contributed by atoms with Gasteiger partial charge in [-0.05, 0) is 32.1 Å². The summed E-state index contributed by atoms with van der Waals surface area (Å²) in [6.45, 7) is 8.39. The third kappa shape index (κ3) is 6.25. The predicted octanol–water partition coefficient (Wildman–Crippen LogP) is 1.72. The number of nitrogens with two attached hydrogens (primary N) is 2. The van der Waals surface area contributed by atoms with E-state index in [1.165, 1.54) is 0 Å². The summed E-state index contributed by atoms with van der Waals surface area (Å²) >= 11 is 6.03. The molecule has 0 saturated carbocycles. The van der Waals surface area contributed by atoms with Gasteiger partial charge in [-0.25, -0.2) is 0 Å². The van der Waals surface area contributed by atoms with Gasteiger partial charge in [-0.1, -0.05) is 25.4 Å². The van der Waals surface area contributed by atoms with E-state index in [1.54, 1.807) is 12.1 Å². The van der Waals surface area contributed by atoms with Gasteiger partial charge in [0.1, 0.15) is 5.75 Å². The van der Waals surface area contributed by atoms with Crippen molar-refractivity contribution in [1.29, 1.82) is 0 Å². The second-order valence-corrected chi connectivity index (χ2v) is 5.55. The number of nitrogen functional groups attached to an aromatic ring is 1. The number of ether oxygens (including phenoxy) is 1. The van der Waals surface area contributed by atoms with Crippen LogP contribution in [-0.4, -0.2) is 50.1 Å². The maximum absolute atomic E-state index is 12.4. The van der Waals surface area contributed by atoms with Crippen LogP contribution in [0.3, 0.4) is 0 Å². The fourth-order valence-electron chi connectivity index (χ4n) is 2.09. The van der Waals surface area contributed by atoms with Crippen LogP contribution in [0.5, 0.6) is 5.75 Å². The molecule has 0 aliphatic heterocycles. The molecule has 0 heterocycles. The zero-order valence-corrected chi connectivity index (χ0v) is 14.7. The second kappa shape index (κ2) is 10.3. The summed E-state index contributed by atoms with van der Waals surface area (Å²) in [6.07, 6.45) is 0.700. The van der Waals surface area contributed by atoms with Crippen LogP contribution in [0.25, 0.3) is 0 Å². The fourth-order valence-corrected chi connectivity index (χ4v) is 2.26. The van der Waals surface area contributed by atoms with Crippen molar-refractivity contribution in [2.45, 2.75) is 20.3 Å². The lowest BCUT2D eigenvalue weighted by Crippen LogP contribution is -2.35. The Morgan fingerprint density at radius 1 is 1.35 bits per heavy atom. The van der Waals surface area contributed by atoms with Crippen molar-refractivity contribution in [3.05, 3.63) is 22.7 Å². The third-order valence-corrected chi connectivity index (χ3v) is 3.88. The molecule has 0 fully saturated rings. The van der Waals surface area contributed by atoms with Crippen molar-refractivity contribution in [2.24, 2.45) is 5.73 Å². The average molecular weight is 343 g/mol. The van der Waals surface area contributed by atoms with Crippen LogP contribution in [0, 0.1) is 0 Å². The van der Waals surface area contributed by atoms with Crippen molar-refractivity contribution in [2.75, 3.05) is 45.1 Å². The lowest BCUT2D eigenvalue weighted by molar-refractivity contribution is 0.0945. The molecule has 1 aromatic rings. The van der Waals surface area contributed by atoms with E-state index in [-0.39, 0.29) is 5.91 Å². The summed E-state index contributed by atoms with van der Waals surface area (Å²) in [4.78, 5) is 14.6. The Labute approximate surface area is 143 Å². The lowest BCUT2D eigenvalue weighted by atomic mass is 10.1. The summed E-state index contributed by atoms with van der Waals surface area (Å²) < 4.78 is 5.61. The molecule has 0 spiro atoms. The lowest BCUT2D eigenvalue weighted by Gasteiger charge is -2.18. The number of carbonyl (C=O) groups excluding carboxylic acids is 1. The number of nitrogens with one attached hydrogen (secondary N) is 1. The van der Waals surface area contributed by atoms with E-state index in [0.29, 0.717) is 48.1 Å². The van der Waals surface area contributed by atoms with Gasteiger partial charge in [-0.15, -0.1) is 0 Å². The van der Waals surface area contributed by atoms with Crippen LogP contribution < -0.4 is 21.5 Å². The van der Waals surface area contributed by atoms with E-state index in [2.05, 4.69) is 24.1 Å². The molecule has 0 unspecified atom stereocenters. The molecular weight excluding hydrogens is 316 g/mol. The monoisotopic (exact) mass is 342 g/mol. The van der Waals surface area contributed by atoms with Crippen LogP contribution in [-0.2, 0) is 0 Å². The summed E-state index contributed by atoms with van der Waals surface area (Å²) in [7, 11) is 0. The molecule has 0 bridgehead atoms. The molecule has 0 atom stereocenters. The summed E-state index contributed by atoms with van der Waals surface area (Å²) in [6, 6.07) is 3.12. The molecule has 0 aliphatic rings. The van der Waals surface area contributed by atoms with Crippen molar-refractivity contribution in [1.82, 2.24) is 10.2 Å². The Hall–Kier alpha value is -1.50. The molecule has 23 heavy (non-hydrogen) atoms. The van der Waals surface area contributed by atoms with E-state index in [0.717, 1.165) is 19.6 Å². The van der Waals surface area contributed by atoms with Gasteiger partial charge in [0.05, 0.1) is 22.9 Å². The molecule has 1 rings (SSSR count). The van der Waals surface area contributed by atoms with Crippen LogP contribution in [0.1, 0.15) is 30.6 Å². The third-order valence-electron chi connectivity index (χ3n) is 3.56. The summed E-state index contributed by atoms with van der Waals surface area (Å²) in [5.41, 5.74) is 12.0. The normalized spacial score (nSPS) is 10.8.